The van der Waals surface area contributed by atoms with Crippen molar-refractivity contribution in [2.75, 3.05) is 6.61 Å². The lowest BCUT2D eigenvalue weighted by Gasteiger charge is -2.06. The minimum absolute atomic E-state index is 0.201. The number of carbonyl (C=O) groups excluding carboxylic acids is 2. The highest BCUT2D eigenvalue weighted by Gasteiger charge is 2.08. The first-order valence-electron chi connectivity index (χ1n) is 6.07. The Hall–Kier alpha value is -1.84. The van der Waals surface area contributed by atoms with Crippen molar-refractivity contribution in [3.05, 3.63) is 35.9 Å². The number of benzene rings is 1. The number of rotatable bonds is 7. The lowest BCUT2D eigenvalue weighted by molar-refractivity contribution is -0.159. The number of ether oxygens (including phenoxy) is 2. The molecule has 1 aromatic rings. The fourth-order valence-electron chi connectivity index (χ4n) is 1.31. The number of hydrogen-bond acceptors (Lipinski definition) is 4. The first-order valence-corrected chi connectivity index (χ1v) is 6.07. The molecule has 0 heterocycles. The Labute approximate surface area is 107 Å². The summed E-state index contributed by atoms with van der Waals surface area (Å²) in [6.45, 7) is 1.88. The second kappa shape index (κ2) is 8.28. The molecular formula is C14H18O4. The van der Waals surface area contributed by atoms with Crippen molar-refractivity contribution in [1.29, 1.82) is 0 Å². The van der Waals surface area contributed by atoms with Gasteiger partial charge in [0.05, 0.1) is 0 Å². The third-order valence-electron chi connectivity index (χ3n) is 2.33. The summed E-state index contributed by atoms with van der Waals surface area (Å²) in [6.07, 6.45) is 2.05. The first kappa shape index (κ1) is 14.2. The predicted octanol–water partition coefficient (Wildman–Crippen LogP) is 2.46. The molecule has 0 N–H and O–H groups in total. The van der Waals surface area contributed by atoms with Crippen LogP contribution in [-0.4, -0.2) is 18.5 Å². The predicted molar refractivity (Wildman–Crippen MR) is 66.7 cm³/mol. The third-order valence-corrected chi connectivity index (χ3v) is 2.33. The van der Waals surface area contributed by atoms with Gasteiger partial charge in [-0.1, -0.05) is 43.7 Å². The molecule has 0 aliphatic heterocycles. The van der Waals surface area contributed by atoms with Crippen LogP contribution in [0.2, 0.25) is 0 Å². The molecule has 1 aromatic carbocycles. The minimum Gasteiger partial charge on any atom is -0.458 e. The van der Waals surface area contributed by atoms with Crippen molar-refractivity contribution in [2.24, 2.45) is 0 Å². The number of hydrogen-bond donors (Lipinski definition) is 0. The zero-order valence-corrected chi connectivity index (χ0v) is 10.6. The van der Waals surface area contributed by atoms with Gasteiger partial charge in [0.15, 0.2) is 6.61 Å². The second-order valence-electron chi connectivity index (χ2n) is 3.91. The molecule has 4 heteroatoms. The zero-order chi connectivity index (χ0) is 13.2. The van der Waals surface area contributed by atoms with E-state index in [2.05, 4.69) is 0 Å². The molecule has 0 radical (unpaired) electrons. The Morgan fingerprint density at radius 3 is 2.44 bits per heavy atom. The lowest BCUT2D eigenvalue weighted by atomic mass is 10.2. The maximum atomic E-state index is 11.3. The van der Waals surface area contributed by atoms with Gasteiger partial charge >= 0.3 is 11.9 Å². The molecule has 0 saturated heterocycles. The molecule has 0 saturated carbocycles. The van der Waals surface area contributed by atoms with E-state index in [1.807, 2.05) is 37.3 Å². The average Bonchev–Trinajstić information content (AvgIpc) is 2.41. The highest BCUT2D eigenvalue weighted by molar-refractivity contribution is 5.76. The maximum absolute atomic E-state index is 11.3. The van der Waals surface area contributed by atoms with Crippen LogP contribution in [0.1, 0.15) is 31.7 Å². The Kier molecular flexibility index (Phi) is 6.54. The normalized spacial score (nSPS) is 9.83. The molecule has 98 valence electrons. The van der Waals surface area contributed by atoms with E-state index < -0.39 is 5.97 Å². The van der Waals surface area contributed by atoms with Crippen LogP contribution in [-0.2, 0) is 25.7 Å². The molecular weight excluding hydrogens is 232 g/mol. The van der Waals surface area contributed by atoms with E-state index in [1.165, 1.54) is 0 Å². The van der Waals surface area contributed by atoms with E-state index in [1.54, 1.807) is 0 Å². The largest absolute Gasteiger partial charge is 0.458 e. The quantitative estimate of drug-likeness (QED) is 0.697. The second-order valence-corrected chi connectivity index (χ2v) is 3.91. The molecule has 0 unspecified atom stereocenters. The molecule has 0 amide bonds. The van der Waals surface area contributed by atoms with E-state index in [0.717, 1.165) is 18.4 Å². The number of unbranched alkanes of at least 4 members (excludes halogenated alkanes) is 1. The Balaban J connectivity index is 2.16. The van der Waals surface area contributed by atoms with E-state index >= 15 is 0 Å². The van der Waals surface area contributed by atoms with Crippen molar-refractivity contribution in [2.45, 2.75) is 32.8 Å². The topological polar surface area (TPSA) is 52.6 Å². The van der Waals surface area contributed by atoms with Crippen molar-refractivity contribution in [3.8, 4) is 0 Å². The fourth-order valence-corrected chi connectivity index (χ4v) is 1.31. The van der Waals surface area contributed by atoms with Gasteiger partial charge in [-0.25, -0.2) is 4.79 Å². The number of carbonyl (C=O) groups is 2. The summed E-state index contributed by atoms with van der Waals surface area (Å²) in [5, 5.41) is 0. The summed E-state index contributed by atoms with van der Waals surface area (Å²) in [5.74, 6) is -0.878. The molecule has 0 spiro atoms. The van der Waals surface area contributed by atoms with Gasteiger partial charge in [-0.2, -0.15) is 0 Å². The third kappa shape index (κ3) is 6.03. The molecule has 18 heavy (non-hydrogen) atoms. The van der Waals surface area contributed by atoms with Crippen LogP contribution in [0.25, 0.3) is 0 Å². The fraction of sp³-hybridized carbons (Fsp3) is 0.429. The monoisotopic (exact) mass is 250 g/mol. The Morgan fingerprint density at radius 1 is 1.06 bits per heavy atom. The first-order chi connectivity index (χ1) is 8.72. The van der Waals surface area contributed by atoms with Crippen molar-refractivity contribution >= 4 is 11.9 Å². The lowest BCUT2D eigenvalue weighted by Crippen LogP contribution is -2.16. The maximum Gasteiger partial charge on any atom is 0.344 e. The summed E-state index contributed by atoms with van der Waals surface area (Å²) in [6, 6.07) is 9.35. The standard InChI is InChI=1S/C14H18O4/c1-2-3-9-13(15)18-11-14(16)17-10-12-7-5-4-6-8-12/h4-8H,2-3,9-11H2,1H3. The highest BCUT2D eigenvalue weighted by atomic mass is 16.6. The van der Waals surface area contributed by atoms with Gasteiger partial charge in [-0.05, 0) is 12.0 Å². The van der Waals surface area contributed by atoms with Gasteiger partial charge in [-0.15, -0.1) is 0 Å². The van der Waals surface area contributed by atoms with Gasteiger partial charge in [0.25, 0.3) is 0 Å². The van der Waals surface area contributed by atoms with E-state index in [0.29, 0.717) is 6.42 Å². The summed E-state index contributed by atoms with van der Waals surface area (Å²) in [4.78, 5) is 22.4. The van der Waals surface area contributed by atoms with E-state index in [-0.39, 0.29) is 19.2 Å². The molecule has 0 fully saturated rings. The van der Waals surface area contributed by atoms with E-state index in [4.69, 9.17) is 9.47 Å². The molecule has 1 rings (SSSR count). The van der Waals surface area contributed by atoms with Gasteiger partial charge in [0, 0.05) is 6.42 Å². The molecule has 0 aliphatic carbocycles. The van der Waals surface area contributed by atoms with Gasteiger partial charge in [0.2, 0.25) is 0 Å². The van der Waals surface area contributed by atoms with Crippen LogP contribution in [0.15, 0.2) is 30.3 Å². The smallest absolute Gasteiger partial charge is 0.344 e. The van der Waals surface area contributed by atoms with Gasteiger partial charge < -0.3 is 9.47 Å². The van der Waals surface area contributed by atoms with Gasteiger partial charge in [0.1, 0.15) is 6.61 Å². The zero-order valence-electron chi connectivity index (χ0n) is 10.6. The summed E-state index contributed by atoms with van der Waals surface area (Å²) >= 11 is 0. The van der Waals surface area contributed by atoms with Crippen LogP contribution < -0.4 is 0 Å². The van der Waals surface area contributed by atoms with Crippen LogP contribution >= 0.6 is 0 Å². The molecule has 0 atom stereocenters. The molecule has 4 nitrogen and oxygen atoms in total. The highest BCUT2D eigenvalue weighted by Crippen LogP contribution is 2.01. The summed E-state index contributed by atoms with van der Waals surface area (Å²) < 4.78 is 9.75. The minimum atomic E-state index is -0.524. The SMILES string of the molecule is CCCCC(=O)OCC(=O)OCc1ccccc1. The summed E-state index contributed by atoms with van der Waals surface area (Å²) in [5.41, 5.74) is 0.906. The molecule has 0 bridgehead atoms. The molecule has 0 aliphatic rings. The van der Waals surface area contributed by atoms with E-state index in [9.17, 15) is 9.59 Å². The van der Waals surface area contributed by atoms with Crippen molar-refractivity contribution in [1.82, 2.24) is 0 Å². The van der Waals surface area contributed by atoms with Crippen LogP contribution in [0, 0.1) is 0 Å². The summed E-state index contributed by atoms with van der Waals surface area (Å²) in [7, 11) is 0. The van der Waals surface area contributed by atoms with Crippen LogP contribution in [0.3, 0.4) is 0 Å². The Morgan fingerprint density at radius 2 is 1.78 bits per heavy atom. The average molecular weight is 250 g/mol. The Bertz CT molecular complexity index is 373. The van der Waals surface area contributed by atoms with Crippen LogP contribution in [0.4, 0.5) is 0 Å². The van der Waals surface area contributed by atoms with Gasteiger partial charge in [-0.3, -0.25) is 4.79 Å². The van der Waals surface area contributed by atoms with Crippen LogP contribution in [0.5, 0.6) is 0 Å². The van der Waals surface area contributed by atoms with Crippen molar-refractivity contribution in [3.63, 3.8) is 0 Å². The number of esters is 2. The van der Waals surface area contributed by atoms with Crippen molar-refractivity contribution < 1.29 is 19.1 Å². The molecule has 0 aromatic heterocycles.